The molecule has 1 saturated heterocycles. The average molecular weight is 240 g/mol. The van der Waals surface area contributed by atoms with Gasteiger partial charge in [-0.05, 0) is 6.42 Å². The largest absolute Gasteiger partial charge is 0.428 e. The highest BCUT2D eigenvalue weighted by atomic mass is 16.5. The van der Waals surface area contributed by atoms with Crippen LogP contribution in [0.15, 0.2) is 10.8 Å². The Balaban J connectivity index is 1.78. The smallest absolute Gasteiger partial charge is 0.239 e. The minimum absolute atomic E-state index is 0.0344. The Kier molecular flexibility index (Phi) is 4.05. The monoisotopic (exact) mass is 240 g/mol. The molecule has 0 spiro atoms. The van der Waals surface area contributed by atoms with Crippen molar-refractivity contribution in [2.75, 3.05) is 26.3 Å². The molecule has 2 N–H and O–H groups in total. The van der Waals surface area contributed by atoms with Gasteiger partial charge >= 0.3 is 0 Å². The molecule has 0 aromatic carbocycles. The van der Waals surface area contributed by atoms with Gasteiger partial charge in [0, 0.05) is 19.5 Å². The van der Waals surface area contributed by atoms with Crippen LogP contribution in [0.1, 0.15) is 12.3 Å². The third kappa shape index (κ3) is 3.24. The number of rotatable bonds is 4. The number of amides is 1. The molecule has 0 bridgehead atoms. The fourth-order valence-electron chi connectivity index (χ4n) is 1.73. The minimum atomic E-state index is -0.514. The summed E-state index contributed by atoms with van der Waals surface area (Å²) in [6, 6.07) is -0.514. The highest BCUT2D eigenvalue weighted by Crippen LogP contribution is 2.05. The lowest BCUT2D eigenvalue weighted by Gasteiger charge is -2.29. The van der Waals surface area contributed by atoms with E-state index >= 15 is 0 Å². The van der Waals surface area contributed by atoms with Gasteiger partial charge in [-0.1, -0.05) is 0 Å². The fourth-order valence-corrected chi connectivity index (χ4v) is 1.73. The Hall–Kier alpha value is -1.47. The first-order valence-electron chi connectivity index (χ1n) is 5.64. The first-order chi connectivity index (χ1) is 8.27. The van der Waals surface area contributed by atoms with Gasteiger partial charge in [-0.2, -0.15) is 0 Å². The van der Waals surface area contributed by atoms with Crippen molar-refractivity contribution in [3.8, 4) is 0 Å². The summed E-state index contributed by atoms with van der Waals surface area (Å²) >= 11 is 0. The second kappa shape index (κ2) is 5.74. The summed E-state index contributed by atoms with van der Waals surface area (Å²) in [6.07, 6.45) is 2.31. The molecule has 1 aromatic heterocycles. The molecule has 1 aliphatic heterocycles. The Labute approximate surface area is 98.9 Å². The normalized spacial score (nSPS) is 18.1. The zero-order valence-corrected chi connectivity index (χ0v) is 9.54. The summed E-state index contributed by atoms with van der Waals surface area (Å²) in [7, 11) is 0. The van der Waals surface area contributed by atoms with Crippen molar-refractivity contribution >= 4 is 5.91 Å². The number of hydrogen-bond donors (Lipinski definition) is 1. The number of carbonyl (C=O) groups excluding carboxylic acids is 1. The summed E-state index contributed by atoms with van der Waals surface area (Å²) in [5.74, 6) is 0.475. The minimum Gasteiger partial charge on any atom is -0.428 e. The van der Waals surface area contributed by atoms with E-state index < -0.39 is 6.04 Å². The molecule has 1 aromatic rings. The van der Waals surface area contributed by atoms with Crippen molar-refractivity contribution in [2.45, 2.75) is 18.9 Å². The van der Waals surface area contributed by atoms with E-state index in [2.05, 4.69) is 10.2 Å². The van der Waals surface area contributed by atoms with Crippen LogP contribution in [0.3, 0.4) is 0 Å². The second-order valence-corrected chi connectivity index (χ2v) is 3.92. The van der Waals surface area contributed by atoms with Gasteiger partial charge in [0.25, 0.3) is 0 Å². The number of nitrogens with zero attached hydrogens (tertiary/aromatic N) is 3. The van der Waals surface area contributed by atoms with Crippen molar-refractivity contribution in [3.63, 3.8) is 0 Å². The molecule has 7 nitrogen and oxygen atoms in total. The molecule has 1 atom stereocenters. The van der Waals surface area contributed by atoms with Crippen molar-refractivity contribution < 1.29 is 13.9 Å². The number of carbonyl (C=O) groups is 1. The van der Waals surface area contributed by atoms with Crippen molar-refractivity contribution in [3.05, 3.63) is 12.3 Å². The first kappa shape index (κ1) is 12.0. The van der Waals surface area contributed by atoms with Crippen LogP contribution in [-0.2, 0) is 16.0 Å². The second-order valence-electron chi connectivity index (χ2n) is 3.92. The van der Waals surface area contributed by atoms with E-state index in [0.29, 0.717) is 45.0 Å². The van der Waals surface area contributed by atoms with Crippen LogP contribution in [0.5, 0.6) is 0 Å². The lowest BCUT2D eigenvalue weighted by atomic mass is 10.1. The van der Waals surface area contributed by atoms with Crippen LogP contribution >= 0.6 is 0 Å². The molecule has 1 aliphatic rings. The number of nitrogens with two attached hydrogens (primary N) is 1. The summed E-state index contributed by atoms with van der Waals surface area (Å²) < 4.78 is 10.2. The molecule has 0 unspecified atom stereocenters. The molecule has 0 saturated carbocycles. The predicted molar refractivity (Wildman–Crippen MR) is 58.0 cm³/mol. The zero-order chi connectivity index (χ0) is 12.1. The van der Waals surface area contributed by atoms with Crippen LogP contribution in [0, 0.1) is 0 Å². The molecule has 1 amide bonds. The molecular formula is C10H16N4O3. The highest BCUT2D eigenvalue weighted by molar-refractivity contribution is 5.81. The molecular weight excluding hydrogens is 224 g/mol. The molecule has 7 heteroatoms. The van der Waals surface area contributed by atoms with Gasteiger partial charge in [0.15, 0.2) is 0 Å². The van der Waals surface area contributed by atoms with Crippen molar-refractivity contribution in [2.24, 2.45) is 5.73 Å². The van der Waals surface area contributed by atoms with Crippen LogP contribution in [0.4, 0.5) is 0 Å². The molecule has 0 aliphatic carbocycles. The Morgan fingerprint density at radius 2 is 2.29 bits per heavy atom. The summed E-state index contributed by atoms with van der Waals surface area (Å²) in [5, 5.41) is 7.31. The van der Waals surface area contributed by atoms with Crippen LogP contribution in [-0.4, -0.2) is 53.3 Å². The highest BCUT2D eigenvalue weighted by Gasteiger charge is 2.22. The van der Waals surface area contributed by atoms with E-state index in [1.165, 1.54) is 6.39 Å². The van der Waals surface area contributed by atoms with Crippen LogP contribution in [0.25, 0.3) is 0 Å². The van der Waals surface area contributed by atoms with Gasteiger partial charge in [-0.25, -0.2) is 0 Å². The number of morpholine rings is 1. The van der Waals surface area contributed by atoms with Crippen molar-refractivity contribution in [1.29, 1.82) is 0 Å². The van der Waals surface area contributed by atoms with E-state index in [1.807, 2.05) is 0 Å². The van der Waals surface area contributed by atoms with E-state index in [0.717, 1.165) is 0 Å². The summed E-state index contributed by atoms with van der Waals surface area (Å²) in [5.41, 5.74) is 5.84. The fraction of sp³-hybridized carbons (Fsp3) is 0.700. The quantitative estimate of drug-likeness (QED) is 0.739. The molecule has 17 heavy (non-hydrogen) atoms. The molecule has 2 rings (SSSR count). The first-order valence-corrected chi connectivity index (χ1v) is 5.64. The lowest BCUT2D eigenvalue weighted by Crippen LogP contribution is -2.48. The predicted octanol–water partition coefficient (Wildman–Crippen LogP) is -0.812. The Bertz CT molecular complexity index is 348. The number of hydrogen-bond acceptors (Lipinski definition) is 6. The Morgan fingerprint density at radius 1 is 1.53 bits per heavy atom. The van der Waals surface area contributed by atoms with Gasteiger partial charge in [-0.3, -0.25) is 4.79 Å². The summed E-state index contributed by atoms with van der Waals surface area (Å²) in [6.45, 7) is 2.41. The van der Waals surface area contributed by atoms with Gasteiger partial charge < -0.3 is 19.8 Å². The zero-order valence-electron chi connectivity index (χ0n) is 9.54. The standard InChI is InChI=1S/C10H16N4O3/c11-8(1-2-9-13-12-7-17-9)10(15)14-3-5-16-6-4-14/h7-8H,1-6,11H2/t8-/m0/s1. The SMILES string of the molecule is N[C@@H](CCc1nnco1)C(=O)N1CCOCC1. The molecule has 94 valence electrons. The maximum Gasteiger partial charge on any atom is 0.239 e. The lowest BCUT2D eigenvalue weighted by molar-refractivity contribution is -0.136. The van der Waals surface area contributed by atoms with Crippen LogP contribution < -0.4 is 5.73 Å². The van der Waals surface area contributed by atoms with Gasteiger partial charge in [0.1, 0.15) is 0 Å². The third-order valence-corrected chi connectivity index (χ3v) is 2.71. The van der Waals surface area contributed by atoms with Gasteiger partial charge in [0.05, 0.1) is 19.3 Å². The summed E-state index contributed by atoms with van der Waals surface area (Å²) in [4.78, 5) is 13.7. The Morgan fingerprint density at radius 3 is 2.94 bits per heavy atom. The number of ether oxygens (including phenoxy) is 1. The average Bonchev–Trinajstić information content (AvgIpc) is 2.89. The molecule has 0 radical (unpaired) electrons. The van der Waals surface area contributed by atoms with E-state index in [4.69, 9.17) is 14.9 Å². The van der Waals surface area contributed by atoms with Gasteiger partial charge in [-0.15, -0.1) is 10.2 Å². The molecule has 1 fully saturated rings. The third-order valence-electron chi connectivity index (χ3n) is 2.71. The number of aryl methyl sites for hydroxylation is 1. The van der Waals surface area contributed by atoms with Gasteiger partial charge in [0.2, 0.25) is 18.2 Å². The maximum atomic E-state index is 11.9. The topological polar surface area (TPSA) is 94.5 Å². The van der Waals surface area contributed by atoms with E-state index in [-0.39, 0.29) is 5.91 Å². The molecule has 2 heterocycles. The van der Waals surface area contributed by atoms with E-state index in [1.54, 1.807) is 4.90 Å². The van der Waals surface area contributed by atoms with E-state index in [9.17, 15) is 4.79 Å². The van der Waals surface area contributed by atoms with Crippen LogP contribution in [0.2, 0.25) is 0 Å². The maximum absolute atomic E-state index is 11.9. The van der Waals surface area contributed by atoms with Crippen molar-refractivity contribution in [1.82, 2.24) is 15.1 Å². The number of aromatic nitrogens is 2.